The number of rotatable bonds is 6. The molecule has 1 unspecified atom stereocenters. The number of fused-ring (bicyclic) bond motifs is 1. The van der Waals surface area contributed by atoms with Gasteiger partial charge in [0.2, 0.25) is 11.8 Å². The molecule has 1 saturated carbocycles. The molecule has 4 heterocycles. The summed E-state index contributed by atoms with van der Waals surface area (Å²) in [5, 5.41) is 2.28. The van der Waals surface area contributed by atoms with Crippen molar-refractivity contribution >= 4 is 23.5 Å². The molecule has 4 aliphatic rings. The maximum atomic E-state index is 12.6. The molecule has 37 heavy (non-hydrogen) atoms. The van der Waals surface area contributed by atoms with Crippen LogP contribution in [-0.4, -0.2) is 73.4 Å². The molecular formula is C26H37FN4O6. The number of piperidine rings is 2. The monoisotopic (exact) mass is 520 g/mol. The number of hydrogen-bond acceptors (Lipinski definition) is 8. The van der Waals surface area contributed by atoms with E-state index in [0.29, 0.717) is 49.5 Å². The fourth-order valence-corrected chi connectivity index (χ4v) is 5.66. The van der Waals surface area contributed by atoms with Gasteiger partial charge in [-0.1, -0.05) is 19.3 Å². The first-order valence-corrected chi connectivity index (χ1v) is 13.2. The predicted molar refractivity (Wildman–Crippen MR) is 132 cm³/mol. The molecule has 5 rings (SSSR count). The first kappa shape index (κ1) is 27.4. The van der Waals surface area contributed by atoms with Crippen LogP contribution in [0.3, 0.4) is 0 Å². The van der Waals surface area contributed by atoms with Crippen LogP contribution in [0.4, 0.5) is 10.3 Å². The summed E-state index contributed by atoms with van der Waals surface area (Å²) in [7, 11) is 3.45. The van der Waals surface area contributed by atoms with Crippen LogP contribution in [0.25, 0.3) is 0 Å². The highest BCUT2D eigenvalue weighted by Crippen LogP contribution is 2.30. The van der Waals surface area contributed by atoms with Gasteiger partial charge in [0.15, 0.2) is 6.29 Å². The van der Waals surface area contributed by atoms with Crippen molar-refractivity contribution in [2.45, 2.75) is 82.8 Å². The lowest BCUT2D eigenvalue weighted by molar-refractivity contribution is -0.183. The maximum absolute atomic E-state index is 12.6. The fourth-order valence-electron chi connectivity index (χ4n) is 5.66. The van der Waals surface area contributed by atoms with Crippen molar-refractivity contribution in [3.05, 3.63) is 23.4 Å². The molecule has 0 radical (unpaired) electrons. The molecule has 2 saturated heterocycles. The molecule has 0 spiro atoms. The van der Waals surface area contributed by atoms with Crippen LogP contribution in [0.1, 0.15) is 73.8 Å². The summed E-state index contributed by atoms with van der Waals surface area (Å²) in [4.78, 5) is 48.0. The number of imide groups is 1. The van der Waals surface area contributed by atoms with Crippen molar-refractivity contribution in [2.75, 3.05) is 32.2 Å². The van der Waals surface area contributed by atoms with E-state index in [1.54, 1.807) is 26.4 Å². The number of anilines is 1. The summed E-state index contributed by atoms with van der Waals surface area (Å²) >= 11 is 0. The second-order valence-corrected chi connectivity index (χ2v) is 10.1. The lowest BCUT2D eigenvalue weighted by Gasteiger charge is -2.31. The SMILES string of the molecule is COC(OC)C1CCCCC1.O=C1CCC(N2Cc3nc(N4CCC(OF)CC4)ccc3C2=O)C(=O)N1. The quantitative estimate of drug-likeness (QED) is 0.450. The Morgan fingerprint density at radius 2 is 1.70 bits per heavy atom. The van der Waals surface area contributed by atoms with Gasteiger partial charge in [-0.2, -0.15) is 4.94 Å². The van der Waals surface area contributed by atoms with Crippen LogP contribution in [0.15, 0.2) is 12.1 Å². The number of amides is 3. The molecule has 10 nitrogen and oxygen atoms in total. The molecule has 1 aromatic rings. The Balaban J connectivity index is 0.000000245. The molecule has 1 aliphatic carbocycles. The van der Waals surface area contributed by atoms with Gasteiger partial charge in [0.1, 0.15) is 18.0 Å². The van der Waals surface area contributed by atoms with Gasteiger partial charge < -0.3 is 19.3 Å². The lowest BCUT2D eigenvalue weighted by Crippen LogP contribution is -2.52. The second-order valence-electron chi connectivity index (χ2n) is 10.1. The van der Waals surface area contributed by atoms with E-state index in [-0.39, 0.29) is 37.2 Å². The van der Waals surface area contributed by atoms with Crippen molar-refractivity contribution in [2.24, 2.45) is 5.92 Å². The van der Waals surface area contributed by atoms with Crippen LogP contribution < -0.4 is 10.2 Å². The van der Waals surface area contributed by atoms with Crippen LogP contribution >= 0.6 is 0 Å². The summed E-state index contributed by atoms with van der Waals surface area (Å²) in [5.74, 6) is 0.392. The summed E-state index contributed by atoms with van der Waals surface area (Å²) < 4.78 is 22.7. The highest BCUT2D eigenvalue weighted by molar-refractivity contribution is 6.05. The molecule has 204 valence electrons. The minimum absolute atomic E-state index is 0.0373. The van der Waals surface area contributed by atoms with E-state index in [9.17, 15) is 18.9 Å². The molecule has 1 N–H and O–H groups in total. The molecule has 1 aromatic heterocycles. The Bertz CT molecular complexity index is 960. The number of halogens is 1. The summed E-state index contributed by atoms with van der Waals surface area (Å²) in [5.41, 5.74) is 1.11. The summed E-state index contributed by atoms with van der Waals surface area (Å²) in [6.07, 6.45) is 7.99. The molecule has 3 fully saturated rings. The molecule has 0 bridgehead atoms. The van der Waals surface area contributed by atoms with Gasteiger partial charge in [-0.25, -0.2) is 4.98 Å². The van der Waals surface area contributed by atoms with Crippen LogP contribution in [0.2, 0.25) is 0 Å². The Labute approximate surface area is 216 Å². The van der Waals surface area contributed by atoms with Crippen LogP contribution in [-0.2, 0) is 30.5 Å². The predicted octanol–water partition coefficient (Wildman–Crippen LogP) is 2.90. The van der Waals surface area contributed by atoms with Crippen molar-refractivity contribution in [3.63, 3.8) is 0 Å². The van der Waals surface area contributed by atoms with E-state index in [1.807, 2.05) is 4.90 Å². The summed E-state index contributed by atoms with van der Waals surface area (Å²) in [6, 6.07) is 2.86. The standard InChI is InChI=1S/C17H19FN4O4.C9H18O2/c18-26-10-5-7-21(8-6-10)14-3-1-11-12(19-14)9-22(17(11)25)13-2-4-15(23)20-16(13)24;1-10-9(11-2)8-6-4-3-5-7-8/h1,3,10,13H,2,4-9H2,(H,20,23,24);8-9H,3-7H2,1-2H3. The van der Waals surface area contributed by atoms with Gasteiger partial charge in [-0.15, -0.1) is 0 Å². The fraction of sp³-hybridized carbons (Fsp3) is 0.692. The van der Waals surface area contributed by atoms with E-state index in [2.05, 4.69) is 15.2 Å². The minimum Gasteiger partial charge on any atom is -0.356 e. The highest BCUT2D eigenvalue weighted by Gasteiger charge is 2.40. The molecule has 11 heteroatoms. The number of nitrogens with one attached hydrogen (secondary N) is 1. The Morgan fingerprint density at radius 1 is 1.00 bits per heavy atom. The van der Waals surface area contributed by atoms with Crippen LogP contribution in [0.5, 0.6) is 0 Å². The minimum atomic E-state index is -0.643. The highest BCUT2D eigenvalue weighted by atomic mass is 19.3. The number of carbonyl (C=O) groups excluding carboxylic acids is 3. The van der Waals surface area contributed by atoms with Gasteiger partial charge in [0.05, 0.1) is 17.8 Å². The number of nitrogens with zero attached hydrogens (tertiary/aromatic N) is 3. The smallest absolute Gasteiger partial charge is 0.256 e. The van der Waals surface area contributed by atoms with Gasteiger partial charge >= 0.3 is 0 Å². The number of hydrogen-bond donors (Lipinski definition) is 1. The molecule has 3 amide bonds. The maximum Gasteiger partial charge on any atom is 0.256 e. The topological polar surface area (TPSA) is 110 Å². The van der Waals surface area contributed by atoms with Gasteiger partial charge in [-0.3, -0.25) is 19.7 Å². The average Bonchev–Trinajstić information content (AvgIpc) is 3.25. The Morgan fingerprint density at radius 3 is 2.32 bits per heavy atom. The second kappa shape index (κ2) is 12.7. The average molecular weight is 521 g/mol. The zero-order valence-electron chi connectivity index (χ0n) is 21.6. The van der Waals surface area contributed by atoms with Gasteiger partial charge in [0.25, 0.3) is 5.91 Å². The number of methoxy groups -OCH3 is 2. The molecule has 0 aromatic carbocycles. The largest absolute Gasteiger partial charge is 0.356 e. The van der Waals surface area contributed by atoms with Crippen molar-refractivity contribution < 1.29 is 33.3 Å². The molecule has 1 atom stereocenters. The number of carbonyl (C=O) groups is 3. The van der Waals surface area contributed by atoms with E-state index < -0.39 is 11.9 Å². The molecule has 3 aliphatic heterocycles. The number of aromatic nitrogens is 1. The summed E-state index contributed by atoms with van der Waals surface area (Å²) in [6.45, 7) is 1.51. The van der Waals surface area contributed by atoms with Crippen molar-refractivity contribution in [1.82, 2.24) is 15.2 Å². The van der Waals surface area contributed by atoms with E-state index in [1.165, 1.54) is 37.0 Å². The first-order chi connectivity index (χ1) is 17.9. The normalized spacial score (nSPS) is 23.1. The van der Waals surface area contributed by atoms with Crippen LogP contribution in [0, 0.1) is 5.92 Å². The third kappa shape index (κ3) is 6.45. The van der Waals surface area contributed by atoms with Gasteiger partial charge in [-0.05, 0) is 48.8 Å². The van der Waals surface area contributed by atoms with Crippen molar-refractivity contribution in [3.8, 4) is 0 Å². The first-order valence-electron chi connectivity index (χ1n) is 13.2. The zero-order valence-corrected chi connectivity index (χ0v) is 21.6. The van der Waals surface area contributed by atoms with E-state index in [0.717, 1.165) is 5.82 Å². The third-order valence-corrected chi connectivity index (χ3v) is 7.75. The number of pyridine rings is 1. The number of ether oxygens (including phenoxy) is 2. The Kier molecular flexibility index (Phi) is 9.44. The lowest BCUT2D eigenvalue weighted by atomic mass is 9.89. The Hall–Kier alpha value is -2.63. The van der Waals surface area contributed by atoms with Gasteiger partial charge in [0, 0.05) is 39.6 Å². The van der Waals surface area contributed by atoms with Crippen molar-refractivity contribution in [1.29, 1.82) is 0 Å². The van der Waals surface area contributed by atoms with E-state index >= 15 is 0 Å². The third-order valence-electron chi connectivity index (χ3n) is 7.75. The zero-order chi connectivity index (χ0) is 26.4. The molecular weight excluding hydrogens is 483 g/mol. The van der Waals surface area contributed by atoms with E-state index in [4.69, 9.17) is 9.47 Å².